The molecule has 0 saturated carbocycles. The van der Waals surface area contributed by atoms with E-state index in [1.165, 1.54) is 4.90 Å². The Morgan fingerprint density at radius 1 is 0.971 bits per heavy atom. The molecular formula is C28H30Cl2N2O3. The fourth-order valence-electron chi connectivity index (χ4n) is 3.87. The van der Waals surface area contributed by atoms with Gasteiger partial charge in [0.25, 0.3) is 5.91 Å². The smallest absolute Gasteiger partial charge is 0.261 e. The summed E-state index contributed by atoms with van der Waals surface area (Å²) in [6.45, 7) is 4.06. The van der Waals surface area contributed by atoms with Gasteiger partial charge in [-0.05, 0) is 40.8 Å². The third-order valence-corrected chi connectivity index (χ3v) is 6.35. The number of hydrogen-bond acceptors (Lipinski definition) is 3. The van der Waals surface area contributed by atoms with Crippen LogP contribution in [0.15, 0.2) is 72.8 Å². The van der Waals surface area contributed by atoms with Gasteiger partial charge in [-0.15, -0.1) is 0 Å². The van der Waals surface area contributed by atoms with E-state index in [0.29, 0.717) is 27.8 Å². The molecule has 2 amide bonds. The Balaban J connectivity index is 1.92. The summed E-state index contributed by atoms with van der Waals surface area (Å²) in [5.41, 5.74) is 2.64. The SMILES string of the molecule is CNC(=O)C(Cc1ccccc1)N(Cc1ccc(Cl)cc1Cl)C(=O)COc1ccccc1C(C)C. The zero-order chi connectivity index (χ0) is 25.4. The summed E-state index contributed by atoms with van der Waals surface area (Å²) in [6.07, 6.45) is 0.347. The molecule has 0 spiro atoms. The van der Waals surface area contributed by atoms with Crippen molar-refractivity contribution in [3.05, 3.63) is 99.5 Å². The minimum Gasteiger partial charge on any atom is -0.483 e. The van der Waals surface area contributed by atoms with Crippen LogP contribution < -0.4 is 10.1 Å². The number of carbonyl (C=O) groups is 2. The summed E-state index contributed by atoms with van der Waals surface area (Å²) in [5, 5.41) is 3.63. The summed E-state index contributed by atoms with van der Waals surface area (Å²) in [4.78, 5) is 28.1. The lowest BCUT2D eigenvalue weighted by Gasteiger charge is -2.31. The van der Waals surface area contributed by atoms with Crippen LogP contribution in [0, 0.1) is 0 Å². The quantitative estimate of drug-likeness (QED) is 0.368. The highest BCUT2D eigenvalue weighted by Gasteiger charge is 2.30. The first-order valence-corrected chi connectivity index (χ1v) is 12.3. The maximum Gasteiger partial charge on any atom is 0.261 e. The van der Waals surface area contributed by atoms with Crippen LogP contribution in [-0.2, 0) is 22.6 Å². The van der Waals surface area contributed by atoms with E-state index in [1.807, 2.05) is 54.6 Å². The van der Waals surface area contributed by atoms with E-state index < -0.39 is 6.04 Å². The van der Waals surface area contributed by atoms with Gasteiger partial charge in [-0.3, -0.25) is 9.59 Å². The largest absolute Gasteiger partial charge is 0.483 e. The summed E-state index contributed by atoms with van der Waals surface area (Å²) < 4.78 is 5.97. The Kier molecular flexibility index (Phi) is 9.58. The van der Waals surface area contributed by atoms with Gasteiger partial charge < -0.3 is 15.0 Å². The Labute approximate surface area is 217 Å². The summed E-state index contributed by atoms with van der Waals surface area (Å²) >= 11 is 12.5. The van der Waals surface area contributed by atoms with Crippen molar-refractivity contribution in [1.82, 2.24) is 10.2 Å². The van der Waals surface area contributed by atoms with Gasteiger partial charge in [0.2, 0.25) is 5.91 Å². The molecule has 0 saturated heterocycles. The molecule has 0 aliphatic carbocycles. The third-order valence-electron chi connectivity index (χ3n) is 5.77. The average Bonchev–Trinajstić information content (AvgIpc) is 2.86. The molecule has 0 aliphatic heterocycles. The first kappa shape index (κ1) is 26.6. The highest BCUT2D eigenvalue weighted by atomic mass is 35.5. The van der Waals surface area contributed by atoms with E-state index in [9.17, 15) is 9.59 Å². The van der Waals surface area contributed by atoms with E-state index in [-0.39, 0.29) is 30.9 Å². The predicted molar refractivity (Wildman–Crippen MR) is 141 cm³/mol. The van der Waals surface area contributed by atoms with Gasteiger partial charge in [0, 0.05) is 30.1 Å². The number of nitrogens with zero attached hydrogens (tertiary/aromatic N) is 1. The molecule has 0 fully saturated rings. The van der Waals surface area contributed by atoms with Crippen LogP contribution >= 0.6 is 23.2 Å². The van der Waals surface area contributed by atoms with E-state index in [4.69, 9.17) is 27.9 Å². The van der Waals surface area contributed by atoms with Crippen molar-refractivity contribution < 1.29 is 14.3 Å². The van der Waals surface area contributed by atoms with Crippen LogP contribution in [0.5, 0.6) is 5.75 Å². The molecule has 0 aromatic heterocycles. The summed E-state index contributed by atoms with van der Waals surface area (Å²) in [6, 6.07) is 21.6. The summed E-state index contributed by atoms with van der Waals surface area (Å²) in [7, 11) is 1.56. The number of likely N-dealkylation sites (N-methyl/N-ethyl adjacent to an activating group) is 1. The second-order valence-electron chi connectivity index (χ2n) is 8.56. The molecule has 7 heteroatoms. The normalized spacial score (nSPS) is 11.7. The third kappa shape index (κ3) is 7.23. The van der Waals surface area contributed by atoms with Crippen molar-refractivity contribution in [3.63, 3.8) is 0 Å². The molecule has 1 unspecified atom stereocenters. The van der Waals surface area contributed by atoms with E-state index >= 15 is 0 Å². The van der Waals surface area contributed by atoms with Gasteiger partial charge in [0.1, 0.15) is 11.8 Å². The number of rotatable bonds is 10. The topological polar surface area (TPSA) is 58.6 Å². The number of ether oxygens (including phenoxy) is 1. The number of carbonyl (C=O) groups excluding carboxylic acids is 2. The van der Waals surface area contributed by atoms with Crippen LogP contribution in [0.3, 0.4) is 0 Å². The van der Waals surface area contributed by atoms with Gasteiger partial charge in [-0.2, -0.15) is 0 Å². The minimum absolute atomic E-state index is 0.134. The molecule has 1 N–H and O–H groups in total. The van der Waals surface area contributed by atoms with Crippen molar-refractivity contribution in [1.29, 1.82) is 0 Å². The molecule has 5 nitrogen and oxygen atoms in total. The lowest BCUT2D eigenvalue weighted by molar-refractivity contribution is -0.142. The van der Waals surface area contributed by atoms with Crippen LogP contribution in [0.2, 0.25) is 10.0 Å². The lowest BCUT2D eigenvalue weighted by atomic mass is 10.0. The Hall–Kier alpha value is -3.02. The number of benzene rings is 3. The molecule has 184 valence electrons. The molecular weight excluding hydrogens is 483 g/mol. The average molecular weight is 513 g/mol. The first-order chi connectivity index (χ1) is 16.8. The van der Waals surface area contributed by atoms with Gasteiger partial charge in [0.05, 0.1) is 0 Å². The van der Waals surface area contributed by atoms with Gasteiger partial charge in [-0.1, -0.05) is 91.6 Å². The predicted octanol–water partition coefficient (Wildman–Crippen LogP) is 5.88. The number of amides is 2. The van der Waals surface area contributed by atoms with Crippen molar-refractivity contribution >= 4 is 35.0 Å². The molecule has 0 radical (unpaired) electrons. The monoisotopic (exact) mass is 512 g/mol. The number of para-hydroxylation sites is 1. The van der Waals surface area contributed by atoms with Crippen LogP contribution in [-0.4, -0.2) is 36.4 Å². The zero-order valence-corrected chi connectivity index (χ0v) is 21.6. The van der Waals surface area contributed by atoms with E-state index in [2.05, 4.69) is 19.2 Å². The second kappa shape index (κ2) is 12.6. The molecule has 0 heterocycles. The van der Waals surface area contributed by atoms with Crippen LogP contribution in [0.1, 0.15) is 36.5 Å². The van der Waals surface area contributed by atoms with Crippen molar-refractivity contribution in [2.75, 3.05) is 13.7 Å². The van der Waals surface area contributed by atoms with Crippen molar-refractivity contribution in [2.24, 2.45) is 0 Å². The molecule has 3 rings (SSSR count). The van der Waals surface area contributed by atoms with Crippen molar-refractivity contribution in [3.8, 4) is 5.75 Å². The highest BCUT2D eigenvalue weighted by Crippen LogP contribution is 2.27. The maximum atomic E-state index is 13.6. The zero-order valence-electron chi connectivity index (χ0n) is 20.1. The van der Waals surface area contributed by atoms with Gasteiger partial charge in [-0.25, -0.2) is 0 Å². The Bertz CT molecular complexity index is 1150. The first-order valence-electron chi connectivity index (χ1n) is 11.5. The number of halogens is 2. The number of nitrogens with one attached hydrogen (secondary N) is 1. The molecule has 3 aromatic carbocycles. The van der Waals surface area contributed by atoms with Gasteiger partial charge >= 0.3 is 0 Å². The van der Waals surface area contributed by atoms with Gasteiger partial charge in [0.15, 0.2) is 6.61 Å². The number of hydrogen-bond donors (Lipinski definition) is 1. The van der Waals surface area contributed by atoms with Crippen LogP contribution in [0.4, 0.5) is 0 Å². The fourth-order valence-corrected chi connectivity index (χ4v) is 4.33. The van der Waals surface area contributed by atoms with Crippen LogP contribution in [0.25, 0.3) is 0 Å². The van der Waals surface area contributed by atoms with Crippen molar-refractivity contribution in [2.45, 2.75) is 38.8 Å². The molecule has 0 aliphatic rings. The molecule has 35 heavy (non-hydrogen) atoms. The molecule has 3 aromatic rings. The standard InChI is InChI=1S/C28H30Cl2N2O3/c1-19(2)23-11-7-8-12-26(23)35-18-27(33)32(17-21-13-14-22(29)16-24(21)30)25(28(34)31-3)15-20-9-5-4-6-10-20/h4-14,16,19,25H,15,17-18H2,1-3H3,(H,31,34). The maximum absolute atomic E-state index is 13.6. The molecule has 1 atom stereocenters. The van der Waals surface area contributed by atoms with E-state index in [1.54, 1.807) is 25.2 Å². The Morgan fingerprint density at radius 3 is 2.31 bits per heavy atom. The van der Waals surface area contributed by atoms with E-state index in [0.717, 1.165) is 11.1 Å². The molecule has 0 bridgehead atoms. The second-order valence-corrected chi connectivity index (χ2v) is 9.40. The Morgan fingerprint density at radius 2 is 1.66 bits per heavy atom. The fraction of sp³-hybridized carbons (Fsp3) is 0.286. The highest BCUT2D eigenvalue weighted by molar-refractivity contribution is 6.35. The minimum atomic E-state index is -0.759. The lowest BCUT2D eigenvalue weighted by Crippen LogP contribution is -2.51. The summed E-state index contributed by atoms with van der Waals surface area (Å²) in [5.74, 6) is 0.302.